The van der Waals surface area contributed by atoms with Gasteiger partial charge in [-0.15, -0.1) is 0 Å². The fourth-order valence-corrected chi connectivity index (χ4v) is 2.23. The second-order valence-corrected chi connectivity index (χ2v) is 5.94. The molecule has 1 heterocycles. The molecule has 1 fully saturated rings. The topological polar surface area (TPSA) is 66.8 Å². The predicted molar refractivity (Wildman–Crippen MR) is 67.2 cm³/mol. The summed E-state index contributed by atoms with van der Waals surface area (Å²) in [7, 11) is 0. The van der Waals surface area contributed by atoms with E-state index in [1.165, 1.54) is 4.90 Å². The van der Waals surface area contributed by atoms with Crippen LogP contribution in [0.5, 0.6) is 0 Å². The molecule has 1 N–H and O–H groups in total. The van der Waals surface area contributed by atoms with Crippen LogP contribution in [0.1, 0.15) is 34.1 Å². The summed E-state index contributed by atoms with van der Waals surface area (Å²) in [6, 6.07) is 0. The quantitative estimate of drug-likeness (QED) is 0.829. The summed E-state index contributed by atoms with van der Waals surface area (Å²) in [6.45, 7) is 8.45. The maximum absolute atomic E-state index is 12.5. The highest BCUT2D eigenvalue weighted by atomic mass is 16.5. The lowest BCUT2D eigenvalue weighted by atomic mass is 9.87. The Morgan fingerprint density at radius 3 is 2.44 bits per heavy atom. The van der Waals surface area contributed by atoms with Crippen LogP contribution in [0.25, 0.3) is 0 Å². The fraction of sp³-hybridized carbons (Fsp3) is 0.846. The van der Waals surface area contributed by atoms with Gasteiger partial charge in [0.1, 0.15) is 6.54 Å². The van der Waals surface area contributed by atoms with Crippen molar-refractivity contribution in [2.24, 2.45) is 11.8 Å². The van der Waals surface area contributed by atoms with Crippen LogP contribution in [0.2, 0.25) is 0 Å². The van der Waals surface area contributed by atoms with Gasteiger partial charge in [0.05, 0.1) is 0 Å². The number of aliphatic carboxylic acids is 1. The van der Waals surface area contributed by atoms with Crippen molar-refractivity contribution in [3.05, 3.63) is 0 Å². The van der Waals surface area contributed by atoms with E-state index in [9.17, 15) is 9.59 Å². The van der Waals surface area contributed by atoms with Crippen LogP contribution in [0.4, 0.5) is 0 Å². The summed E-state index contributed by atoms with van der Waals surface area (Å²) < 4.78 is 5.32. The highest BCUT2D eigenvalue weighted by Gasteiger charge is 2.36. The first-order valence-electron chi connectivity index (χ1n) is 6.34. The third kappa shape index (κ3) is 3.70. The molecule has 1 aliphatic heterocycles. The monoisotopic (exact) mass is 257 g/mol. The minimum absolute atomic E-state index is 0.0688. The second-order valence-electron chi connectivity index (χ2n) is 5.94. The summed E-state index contributed by atoms with van der Waals surface area (Å²) in [5, 5.41) is 8.94. The minimum Gasteiger partial charge on any atom is -0.480 e. The molecule has 18 heavy (non-hydrogen) atoms. The molecule has 0 bridgehead atoms. The Morgan fingerprint density at radius 1 is 1.39 bits per heavy atom. The van der Waals surface area contributed by atoms with Gasteiger partial charge < -0.3 is 14.7 Å². The van der Waals surface area contributed by atoms with Crippen molar-refractivity contribution in [1.82, 2.24) is 4.90 Å². The molecule has 1 saturated heterocycles. The normalized spacial score (nSPS) is 24.7. The Kier molecular flexibility index (Phi) is 4.73. The third-order valence-corrected chi connectivity index (χ3v) is 3.33. The summed E-state index contributed by atoms with van der Waals surface area (Å²) >= 11 is 0. The van der Waals surface area contributed by atoms with Crippen LogP contribution in [-0.4, -0.2) is 47.2 Å². The number of nitrogens with zero attached hydrogens (tertiary/aromatic N) is 1. The molecule has 104 valence electrons. The molecule has 0 aromatic rings. The van der Waals surface area contributed by atoms with Gasteiger partial charge in [-0.05, 0) is 33.1 Å². The zero-order chi connectivity index (χ0) is 13.9. The van der Waals surface area contributed by atoms with Crippen molar-refractivity contribution in [3.8, 4) is 0 Å². The number of carboxylic acids is 1. The van der Waals surface area contributed by atoms with E-state index >= 15 is 0 Å². The number of ether oxygens (including phenoxy) is 1. The molecule has 1 rings (SSSR count). The van der Waals surface area contributed by atoms with Crippen molar-refractivity contribution in [2.45, 2.75) is 39.7 Å². The number of carbonyl (C=O) groups excluding carboxylic acids is 1. The summed E-state index contributed by atoms with van der Waals surface area (Å²) in [5.41, 5.74) is -0.479. The molecule has 0 aromatic heterocycles. The Labute approximate surface area is 108 Å². The van der Waals surface area contributed by atoms with Crippen LogP contribution in [0, 0.1) is 11.8 Å². The van der Waals surface area contributed by atoms with E-state index in [0.717, 1.165) is 0 Å². The largest absolute Gasteiger partial charge is 0.480 e. The zero-order valence-corrected chi connectivity index (χ0v) is 11.6. The average Bonchev–Trinajstić information content (AvgIpc) is 2.24. The second kappa shape index (κ2) is 5.69. The number of hydrogen-bond donors (Lipinski definition) is 1. The van der Waals surface area contributed by atoms with Crippen LogP contribution < -0.4 is 0 Å². The Morgan fingerprint density at radius 2 is 2.00 bits per heavy atom. The van der Waals surface area contributed by atoms with E-state index in [0.29, 0.717) is 19.6 Å². The van der Waals surface area contributed by atoms with Gasteiger partial charge in [0, 0.05) is 24.7 Å². The van der Waals surface area contributed by atoms with Gasteiger partial charge in [0.25, 0.3) is 0 Å². The van der Waals surface area contributed by atoms with E-state index in [1.54, 1.807) is 0 Å². The molecule has 0 spiro atoms. The predicted octanol–water partition coefficient (Wildman–Crippen LogP) is 1.37. The smallest absolute Gasteiger partial charge is 0.323 e. The van der Waals surface area contributed by atoms with Crippen molar-refractivity contribution < 1.29 is 19.4 Å². The third-order valence-electron chi connectivity index (χ3n) is 3.33. The van der Waals surface area contributed by atoms with Gasteiger partial charge in [-0.1, -0.05) is 6.92 Å². The summed E-state index contributed by atoms with van der Waals surface area (Å²) in [5.74, 6) is -1.03. The average molecular weight is 257 g/mol. The van der Waals surface area contributed by atoms with E-state index in [1.807, 2.05) is 27.7 Å². The van der Waals surface area contributed by atoms with E-state index in [2.05, 4.69) is 0 Å². The lowest BCUT2D eigenvalue weighted by molar-refractivity contribution is -0.154. The first-order chi connectivity index (χ1) is 8.23. The molecule has 5 heteroatoms. The number of amides is 1. The van der Waals surface area contributed by atoms with Crippen LogP contribution in [0.15, 0.2) is 0 Å². The van der Waals surface area contributed by atoms with Crippen LogP contribution >= 0.6 is 0 Å². The van der Waals surface area contributed by atoms with Gasteiger partial charge in [-0.2, -0.15) is 0 Å². The molecular formula is C13H23NO4. The van der Waals surface area contributed by atoms with Gasteiger partial charge in [0.2, 0.25) is 5.91 Å². The number of hydrogen-bond acceptors (Lipinski definition) is 3. The van der Waals surface area contributed by atoms with E-state index in [4.69, 9.17) is 9.84 Å². The molecule has 1 aliphatic rings. The maximum atomic E-state index is 12.5. The Balaban J connectivity index is 2.84. The van der Waals surface area contributed by atoms with Gasteiger partial charge in [0.15, 0.2) is 0 Å². The van der Waals surface area contributed by atoms with Crippen molar-refractivity contribution in [2.75, 3.05) is 19.8 Å². The highest BCUT2D eigenvalue weighted by Crippen LogP contribution is 2.26. The fourth-order valence-electron chi connectivity index (χ4n) is 2.23. The number of rotatable bonds is 3. The molecule has 0 saturated carbocycles. The minimum atomic E-state index is -0.974. The standard InChI is InChI=1S/C13H23NO4/c1-9-8-18-6-5-10(9)12(17)14(7-11(15)16)13(2,3)4/h9-10H,5-8H2,1-4H3,(H,15,16). The van der Waals surface area contributed by atoms with Crippen molar-refractivity contribution >= 4 is 11.9 Å². The van der Waals surface area contributed by atoms with Crippen LogP contribution in [0.3, 0.4) is 0 Å². The van der Waals surface area contributed by atoms with E-state index < -0.39 is 11.5 Å². The maximum Gasteiger partial charge on any atom is 0.323 e. The first-order valence-corrected chi connectivity index (χ1v) is 6.34. The van der Waals surface area contributed by atoms with E-state index in [-0.39, 0.29) is 24.3 Å². The molecule has 2 atom stereocenters. The van der Waals surface area contributed by atoms with Crippen LogP contribution in [-0.2, 0) is 14.3 Å². The van der Waals surface area contributed by atoms with Crippen molar-refractivity contribution in [3.63, 3.8) is 0 Å². The zero-order valence-electron chi connectivity index (χ0n) is 11.6. The Hall–Kier alpha value is -1.10. The lowest BCUT2D eigenvalue weighted by Gasteiger charge is -2.39. The highest BCUT2D eigenvalue weighted by molar-refractivity contribution is 5.84. The number of carboxylic acid groups (broad SMARTS) is 1. The summed E-state index contributed by atoms with van der Waals surface area (Å²) in [6.07, 6.45) is 0.673. The molecule has 0 aromatic carbocycles. The molecule has 0 aliphatic carbocycles. The number of carbonyl (C=O) groups is 2. The van der Waals surface area contributed by atoms with Crippen molar-refractivity contribution in [1.29, 1.82) is 0 Å². The molecule has 2 unspecified atom stereocenters. The first kappa shape index (κ1) is 15.0. The summed E-state index contributed by atoms with van der Waals surface area (Å²) in [4.78, 5) is 24.9. The van der Waals surface area contributed by atoms with Gasteiger partial charge >= 0.3 is 5.97 Å². The lowest BCUT2D eigenvalue weighted by Crippen LogP contribution is -2.52. The molecule has 1 amide bonds. The molecule has 0 radical (unpaired) electrons. The van der Waals surface area contributed by atoms with Gasteiger partial charge in [-0.3, -0.25) is 9.59 Å². The molecular weight excluding hydrogens is 234 g/mol. The Bertz CT molecular complexity index is 321. The van der Waals surface area contributed by atoms with Gasteiger partial charge in [-0.25, -0.2) is 0 Å². The molecule has 5 nitrogen and oxygen atoms in total. The SMILES string of the molecule is CC1COCCC1C(=O)N(CC(=O)O)C(C)(C)C.